The molecule has 0 radical (unpaired) electrons. The van der Waals surface area contributed by atoms with Crippen molar-refractivity contribution < 1.29 is 4.79 Å². The molecule has 7 heteroatoms. The Bertz CT molecular complexity index is 726. The van der Waals surface area contributed by atoms with Crippen molar-refractivity contribution in [2.45, 2.75) is 12.8 Å². The van der Waals surface area contributed by atoms with Gasteiger partial charge in [0, 0.05) is 25.2 Å². The maximum Gasteiger partial charge on any atom is 0.183 e. The molecule has 3 saturated heterocycles. The molecule has 0 unspecified atom stereocenters. The number of nitrogens with zero attached hydrogens (tertiary/aromatic N) is 5. The Balaban J connectivity index is 1.82. The fourth-order valence-corrected chi connectivity index (χ4v) is 2.99. The molecule has 2 bridgehead atoms. The third-order valence-electron chi connectivity index (χ3n) is 4.11. The number of nitrogens with two attached hydrogens (primary N) is 1. The summed E-state index contributed by atoms with van der Waals surface area (Å²) >= 11 is 0. The molecule has 3 fully saturated rings. The number of hydrogen-bond acceptors (Lipinski definition) is 6. The fourth-order valence-electron chi connectivity index (χ4n) is 2.99. The number of imidazole rings is 1. The van der Waals surface area contributed by atoms with Gasteiger partial charge >= 0.3 is 0 Å². The number of rotatable bonds is 1. The van der Waals surface area contributed by atoms with E-state index in [1.54, 1.807) is 10.9 Å². The molecule has 5 heterocycles. The minimum absolute atomic E-state index is 0.181. The number of allylic oxidation sites excluding steroid dienone is 1. The molecule has 102 valence electrons. The van der Waals surface area contributed by atoms with E-state index in [-0.39, 0.29) is 11.7 Å². The Kier molecular flexibility index (Phi) is 2.29. The van der Waals surface area contributed by atoms with Crippen molar-refractivity contribution in [2.75, 3.05) is 18.8 Å². The van der Waals surface area contributed by atoms with Crippen molar-refractivity contribution in [1.29, 1.82) is 0 Å². The number of carbonyl (C=O) groups excluding carboxylic acids is 1. The minimum Gasteiger partial charge on any atom is -0.382 e. The molecule has 0 aromatic carbocycles. The number of fused-ring (bicyclic) bond motifs is 4. The van der Waals surface area contributed by atoms with Gasteiger partial charge in [0.2, 0.25) is 0 Å². The summed E-state index contributed by atoms with van der Waals surface area (Å²) in [5.41, 5.74) is 7.71. The first-order chi connectivity index (χ1) is 9.74. The van der Waals surface area contributed by atoms with E-state index in [9.17, 15) is 4.79 Å². The van der Waals surface area contributed by atoms with E-state index >= 15 is 0 Å². The normalized spacial score (nSPS) is 21.3. The van der Waals surface area contributed by atoms with Crippen LogP contribution in [0.2, 0.25) is 0 Å². The van der Waals surface area contributed by atoms with Crippen LogP contribution in [0, 0.1) is 5.92 Å². The zero-order valence-electron chi connectivity index (χ0n) is 10.9. The lowest BCUT2D eigenvalue weighted by Crippen LogP contribution is -2.46. The average molecular weight is 270 g/mol. The lowest BCUT2D eigenvalue weighted by molar-refractivity contribution is -0.125. The maximum absolute atomic E-state index is 12.3. The molecule has 0 amide bonds. The lowest BCUT2D eigenvalue weighted by Gasteiger charge is -2.40. The van der Waals surface area contributed by atoms with Gasteiger partial charge < -0.3 is 10.6 Å². The van der Waals surface area contributed by atoms with Gasteiger partial charge in [0.25, 0.3) is 0 Å². The average Bonchev–Trinajstić information content (AvgIpc) is 2.88. The lowest BCUT2D eigenvalue weighted by atomic mass is 9.85. The predicted octanol–water partition coefficient (Wildman–Crippen LogP) is 0.502. The number of nitrogen functional groups attached to an aromatic ring is 1. The Labute approximate surface area is 115 Å². The molecule has 7 nitrogen and oxygen atoms in total. The van der Waals surface area contributed by atoms with E-state index in [0.717, 1.165) is 31.6 Å². The molecule has 0 atom stereocenters. The van der Waals surface area contributed by atoms with Gasteiger partial charge in [-0.1, -0.05) is 0 Å². The highest BCUT2D eigenvalue weighted by molar-refractivity contribution is 6.01. The highest BCUT2D eigenvalue weighted by atomic mass is 16.1. The van der Waals surface area contributed by atoms with Crippen molar-refractivity contribution in [3.8, 4) is 0 Å². The highest BCUT2D eigenvalue weighted by Crippen LogP contribution is 2.32. The summed E-state index contributed by atoms with van der Waals surface area (Å²) in [6.07, 6.45) is 6.78. The molecule has 0 aliphatic carbocycles. The second-order valence-electron chi connectivity index (χ2n) is 5.22. The maximum atomic E-state index is 12.3. The quantitative estimate of drug-likeness (QED) is 0.759. The Hall–Kier alpha value is -2.44. The molecule has 0 saturated carbocycles. The van der Waals surface area contributed by atoms with Gasteiger partial charge in [0.05, 0.1) is 5.70 Å². The van der Waals surface area contributed by atoms with Crippen LogP contribution in [0.1, 0.15) is 12.8 Å². The van der Waals surface area contributed by atoms with Crippen molar-refractivity contribution in [3.63, 3.8) is 0 Å². The molecule has 2 aromatic rings. The summed E-state index contributed by atoms with van der Waals surface area (Å²) in [5, 5.41) is 0. The van der Waals surface area contributed by atoms with Crippen molar-refractivity contribution in [1.82, 2.24) is 24.4 Å². The SMILES string of the molecule is Nc1ncnc2c1ncn2/C=C1/C(=O)C2CCN1CC2. The molecule has 2 N–H and O–H groups in total. The standard InChI is InChI=1S/C13H14N6O/c14-12-10-13(16-6-15-12)19(7-17-10)5-9-11(20)8-1-3-18(9)4-2-8/h5-8H,1-4H2,(H2,14,15,16)/b9-5-. The second-order valence-corrected chi connectivity index (χ2v) is 5.22. The highest BCUT2D eigenvalue weighted by Gasteiger charge is 2.36. The summed E-state index contributed by atoms with van der Waals surface area (Å²) in [6.45, 7) is 1.90. The Morgan fingerprint density at radius 3 is 2.80 bits per heavy atom. The summed E-state index contributed by atoms with van der Waals surface area (Å²) in [5.74, 6) is 0.760. The zero-order chi connectivity index (χ0) is 13.7. The van der Waals surface area contributed by atoms with E-state index in [2.05, 4.69) is 19.9 Å². The van der Waals surface area contributed by atoms with Crippen LogP contribution >= 0.6 is 0 Å². The van der Waals surface area contributed by atoms with Crippen molar-refractivity contribution in [2.24, 2.45) is 5.92 Å². The predicted molar refractivity (Wildman–Crippen MR) is 73.3 cm³/mol. The molecule has 3 aliphatic heterocycles. The van der Waals surface area contributed by atoms with Crippen LogP contribution in [0.3, 0.4) is 0 Å². The summed E-state index contributed by atoms with van der Waals surface area (Å²) in [6, 6.07) is 0. The first-order valence-corrected chi connectivity index (χ1v) is 6.68. The number of ketones is 1. The van der Waals surface area contributed by atoms with Gasteiger partial charge in [-0.05, 0) is 12.8 Å². The van der Waals surface area contributed by atoms with Crippen LogP contribution in [0.5, 0.6) is 0 Å². The number of aromatic nitrogens is 4. The van der Waals surface area contributed by atoms with E-state index < -0.39 is 0 Å². The largest absolute Gasteiger partial charge is 0.382 e. The van der Waals surface area contributed by atoms with Gasteiger partial charge in [0.15, 0.2) is 22.8 Å². The van der Waals surface area contributed by atoms with Crippen LogP contribution in [0.15, 0.2) is 18.4 Å². The third-order valence-corrected chi connectivity index (χ3v) is 4.11. The van der Waals surface area contributed by atoms with Gasteiger partial charge in [0.1, 0.15) is 12.7 Å². The Morgan fingerprint density at radius 1 is 1.25 bits per heavy atom. The van der Waals surface area contributed by atoms with Crippen LogP contribution in [-0.2, 0) is 4.79 Å². The van der Waals surface area contributed by atoms with E-state index in [1.807, 2.05) is 6.20 Å². The smallest absolute Gasteiger partial charge is 0.183 e. The molecule has 20 heavy (non-hydrogen) atoms. The van der Waals surface area contributed by atoms with Crippen LogP contribution in [-0.4, -0.2) is 43.3 Å². The fraction of sp³-hybridized carbons (Fsp3) is 0.385. The molecule has 2 aromatic heterocycles. The van der Waals surface area contributed by atoms with Gasteiger partial charge in [-0.15, -0.1) is 0 Å². The van der Waals surface area contributed by atoms with E-state index in [4.69, 9.17) is 5.73 Å². The number of carbonyl (C=O) groups is 1. The first-order valence-electron chi connectivity index (χ1n) is 6.68. The number of Topliss-reactive ketones (excluding diaryl/α,β-unsaturated/α-hetero) is 1. The van der Waals surface area contributed by atoms with Gasteiger partial charge in [-0.3, -0.25) is 9.36 Å². The third kappa shape index (κ3) is 1.52. The number of piperidine rings is 3. The summed E-state index contributed by atoms with van der Waals surface area (Å²) < 4.78 is 1.75. The molecule has 3 aliphatic rings. The second kappa shape index (κ2) is 4.03. The molecular weight excluding hydrogens is 256 g/mol. The number of anilines is 1. The van der Waals surface area contributed by atoms with Crippen molar-refractivity contribution >= 4 is 29.0 Å². The summed E-state index contributed by atoms with van der Waals surface area (Å²) in [4.78, 5) is 26.8. The topological polar surface area (TPSA) is 89.9 Å². The van der Waals surface area contributed by atoms with Crippen molar-refractivity contribution in [3.05, 3.63) is 18.4 Å². The molecule has 0 spiro atoms. The first kappa shape index (κ1) is 11.4. The monoisotopic (exact) mass is 270 g/mol. The van der Waals surface area contributed by atoms with Gasteiger partial charge in [-0.2, -0.15) is 0 Å². The summed E-state index contributed by atoms with van der Waals surface area (Å²) in [7, 11) is 0. The van der Waals surface area contributed by atoms with Gasteiger partial charge in [-0.25, -0.2) is 15.0 Å². The molecular formula is C13H14N6O. The molecule has 5 rings (SSSR count). The van der Waals surface area contributed by atoms with E-state index in [0.29, 0.717) is 17.0 Å². The van der Waals surface area contributed by atoms with Crippen LogP contribution in [0.25, 0.3) is 17.4 Å². The van der Waals surface area contributed by atoms with Crippen LogP contribution in [0.4, 0.5) is 5.82 Å². The Morgan fingerprint density at radius 2 is 2.05 bits per heavy atom. The zero-order valence-corrected chi connectivity index (χ0v) is 10.9. The van der Waals surface area contributed by atoms with E-state index in [1.165, 1.54) is 6.33 Å². The minimum atomic E-state index is 0.181. The van der Waals surface area contributed by atoms with Crippen LogP contribution < -0.4 is 5.73 Å². The number of hydrogen-bond donors (Lipinski definition) is 1.